The zero-order valence-corrected chi connectivity index (χ0v) is 14.4. The minimum atomic E-state index is -0.890. The van der Waals surface area contributed by atoms with Crippen LogP contribution in [-0.4, -0.2) is 30.1 Å². The monoisotopic (exact) mass is 331 g/mol. The van der Waals surface area contributed by atoms with Crippen LogP contribution in [-0.2, 0) is 5.54 Å². The van der Waals surface area contributed by atoms with Crippen molar-refractivity contribution < 1.29 is 14.3 Å². The molecule has 0 radical (unpaired) electrons. The van der Waals surface area contributed by atoms with Crippen LogP contribution in [0, 0.1) is 6.92 Å². The molecule has 7 nitrogen and oxygen atoms in total. The van der Waals surface area contributed by atoms with E-state index >= 15 is 0 Å². The number of hydrogen-bond acceptors (Lipinski definition) is 5. The maximum absolute atomic E-state index is 12.6. The first-order valence-electron chi connectivity index (χ1n) is 7.39. The number of carbonyl (C=O) groups excluding carboxylic acids is 1. The van der Waals surface area contributed by atoms with E-state index in [1.54, 1.807) is 26.0 Å². The second-order valence-electron chi connectivity index (χ2n) is 5.91. The van der Waals surface area contributed by atoms with Crippen molar-refractivity contribution in [3.63, 3.8) is 0 Å². The van der Waals surface area contributed by atoms with Gasteiger partial charge in [-0.3, -0.25) is 9.59 Å². The van der Waals surface area contributed by atoms with E-state index in [-0.39, 0.29) is 11.7 Å². The number of benzene rings is 1. The quantitative estimate of drug-likeness (QED) is 0.871. The van der Waals surface area contributed by atoms with E-state index in [1.165, 1.54) is 20.4 Å². The number of carbonyl (C=O) groups is 1. The van der Waals surface area contributed by atoms with Crippen LogP contribution in [0.3, 0.4) is 0 Å². The third-order valence-electron chi connectivity index (χ3n) is 3.61. The molecule has 0 unspecified atom stereocenters. The van der Waals surface area contributed by atoms with E-state index in [0.29, 0.717) is 17.1 Å². The van der Waals surface area contributed by atoms with Gasteiger partial charge >= 0.3 is 0 Å². The molecule has 0 aliphatic rings. The van der Waals surface area contributed by atoms with E-state index in [2.05, 4.69) is 15.3 Å². The van der Waals surface area contributed by atoms with Crippen molar-refractivity contribution in [1.29, 1.82) is 0 Å². The number of methoxy groups -OCH3 is 2. The summed E-state index contributed by atoms with van der Waals surface area (Å²) in [5, 5.41) is 2.86. The lowest BCUT2D eigenvalue weighted by atomic mass is 10.0. The van der Waals surface area contributed by atoms with Crippen LogP contribution in [0.25, 0.3) is 0 Å². The Morgan fingerprint density at radius 3 is 2.46 bits per heavy atom. The fourth-order valence-corrected chi connectivity index (χ4v) is 2.24. The summed E-state index contributed by atoms with van der Waals surface area (Å²) in [5.41, 5.74) is 0.104. The van der Waals surface area contributed by atoms with E-state index in [1.807, 2.05) is 13.0 Å². The molecule has 128 valence electrons. The molecule has 1 heterocycles. The molecule has 0 saturated heterocycles. The summed E-state index contributed by atoms with van der Waals surface area (Å²) in [6.45, 7) is 5.41. The third-order valence-corrected chi connectivity index (χ3v) is 3.61. The third kappa shape index (κ3) is 3.56. The van der Waals surface area contributed by atoms with Crippen molar-refractivity contribution in [2.24, 2.45) is 0 Å². The number of ether oxygens (including phenoxy) is 2. The van der Waals surface area contributed by atoms with Crippen molar-refractivity contribution in [2.45, 2.75) is 26.3 Å². The Balaban J connectivity index is 2.30. The number of rotatable bonds is 5. The lowest BCUT2D eigenvalue weighted by Gasteiger charge is -2.25. The molecule has 24 heavy (non-hydrogen) atoms. The standard InChI is InChI=1S/C17H21N3O4/c1-10-6-7-11(12(8-10)23-4)14(21)20-17(2,3)16-18-9-13(24-5)15(22)19-16/h6-9H,1-5H3,(H,20,21)(H,18,19,22). The van der Waals surface area contributed by atoms with Crippen LogP contribution in [0.1, 0.15) is 35.6 Å². The molecule has 2 aromatic rings. The molecule has 0 saturated carbocycles. The number of nitrogens with one attached hydrogen (secondary N) is 2. The maximum atomic E-state index is 12.6. The first-order valence-corrected chi connectivity index (χ1v) is 7.39. The van der Waals surface area contributed by atoms with Gasteiger partial charge in [0, 0.05) is 0 Å². The van der Waals surface area contributed by atoms with Gasteiger partial charge in [-0.25, -0.2) is 4.98 Å². The van der Waals surface area contributed by atoms with Crippen molar-refractivity contribution >= 4 is 5.91 Å². The first kappa shape index (κ1) is 17.5. The molecule has 0 aliphatic heterocycles. The molecule has 0 atom stereocenters. The molecule has 2 rings (SSSR count). The van der Waals surface area contributed by atoms with Crippen molar-refractivity contribution in [3.05, 3.63) is 51.7 Å². The molecule has 1 aromatic heterocycles. The van der Waals surface area contributed by atoms with Crippen LogP contribution >= 0.6 is 0 Å². The van der Waals surface area contributed by atoms with Gasteiger partial charge in [-0.1, -0.05) is 6.07 Å². The number of aromatic nitrogens is 2. The number of aromatic amines is 1. The van der Waals surface area contributed by atoms with Crippen LogP contribution < -0.4 is 20.3 Å². The van der Waals surface area contributed by atoms with Crippen LogP contribution in [0.2, 0.25) is 0 Å². The highest BCUT2D eigenvalue weighted by Gasteiger charge is 2.27. The summed E-state index contributed by atoms with van der Waals surface area (Å²) in [6, 6.07) is 5.32. The minimum absolute atomic E-state index is 0.112. The maximum Gasteiger partial charge on any atom is 0.293 e. The van der Waals surface area contributed by atoms with Crippen LogP contribution in [0.4, 0.5) is 0 Å². The average molecular weight is 331 g/mol. The second kappa shape index (κ2) is 6.74. The highest BCUT2D eigenvalue weighted by atomic mass is 16.5. The number of aryl methyl sites for hydroxylation is 1. The van der Waals surface area contributed by atoms with Gasteiger partial charge in [-0.2, -0.15) is 0 Å². The fraction of sp³-hybridized carbons (Fsp3) is 0.353. The molecule has 2 N–H and O–H groups in total. The zero-order chi connectivity index (χ0) is 17.9. The van der Waals surface area contributed by atoms with Gasteiger partial charge in [0.15, 0.2) is 0 Å². The Bertz CT molecular complexity index is 812. The fourth-order valence-electron chi connectivity index (χ4n) is 2.24. The Hall–Kier alpha value is -2.83. The van der Waals surface area contributed by atoms with E-state index in [4.69, 9.17) is 9.47 Å². The number of nitrogens with zero attached hydrogens (tertiary/aromatic N) is 1. The lowest BCUT2D eigenvalue weighted by Crippen LogP contribution is -2.43. The lowest BCUT2D eigenvalue weighted by molar-refractivity contribution is 0.0905. The predicted molar refractivity (Wildman–Crippen MR) is 89.6 cm³/mol. The second-order valence-corrected chi connectivity index (χ2v) is 5.91. The summed E-state index contributed by atoms with van der Waals surface area (Å²) in [4.78, 5) is 31.2. The van der Waals surface area contributed by atoms with Gasteiger partial charge in [0.05, 0.1) is 31.5 Å². The summed E-state index contributed by atoms with van der Waals surface area (Å²) in [6.07, 6.45) is 1.33. The van der Waals surface area contributed by atoms with Gasteiger partial charge in [-0.15, -0.1) is 0 Å². The van der Waals surface area contributed by atoms with Crippen molar-refractivity contribution in [2.75, 3.05) is 14.2 Å². The molecular formula is C17H21N3O4. The van der Waals surface area contributed by atoms with Gasteiger partial charge in [0.1, 0.15) is 11.6 Å². The van der Waals surface area contributed by atoms with Crippen molar-refractivity contribution in [1.82, 2.24) is 15.3 Å². The molecule has 1 amide bonds. The Kier molecular flexibility index (Phi) is 4.92. The smallest absolute Gasteiger partial charge is 0.293 e. The van der Waals surface area contributed by atoms with Crippen molar-refractivity contribution in [3.8, 4) is 11.5 Å². The van der Waals surface area contributed by atoms with Gasteiger partial charge in [0.25, 0.3) is 11.5 Å². The first-order chi connectivity index (χ1) is 11.3. The van der Waals surface area contributed by atoms with Crippen LogP contribution in [0.5, 0.6) is 11.5 Å². The summed E-state index contributed by atoms with van der Waals surface area (Å²) in [7, 11) is 2.90. The van der Waals surface area contributed by atoms with Crippen LogP contribution in [0.15, 0.2) is 29.2 Å². The van der Waals surface area contributed by atoms with E-state index < -0.39 is 11.1 Å². The topological polar surface area (TPSA) is 93.3 Å². The SMILES string of the molecule is COc1cc(C)ccc1C(=O)NC(C)(C)c1ncc(OC)c(=O)[nH]1. The molecule has 0 spiro atoms. The molecular weight excluding hydrogens is 310 g/mol. The Morgan fingerprint density at radius 2 is 1.88 bits per heavy atom. The van der Waals surface area contributed by atoms with Gasteiger partial charge < -0.3 is 19.8 Å². The number of hydrogen-bond donors (Lipinski definition) is 2. The summed E-state index contributed by atoms with van der Waals surface area (Å²) >= 11 is 0. The highest BCUT2D eigenvalue weighted by molar-refractivity contribution is 5.97. The Labute approximate surface area is 140 Å². The van der Waals surface area contributed by atoms with Gasteiger partial charge in [0.2, 0.25) is 5.75 Å². The molecule has 7 heteroatoms. The average Bonchev–Trinajstić information content (AvgIpc) is 2.53. The molecule has 1 aromatic carbocycles. The van der Waals surface area contributed by atoms with Gasteiger partial charge in [-0.05, 0) is 38.5 Å². The normalized spacial score (nSPS) is 11.0. The summed E-state index contributed by atoms with van der Waals surface area (Å²) < 4.78 is 10.2. The largest absolute Gasteiger partial charge is 0.496 e. The highest BCUT2D eigenvalue weighted by Crippen LogP contribution is 2.22. The molecule has 0 aliphatic carbocycles. The Morgan fingerprint density at radius 1 is 1.21 bits per heavy atom. The molecule has 0 fully saturated rings. The number of amides is 1. The summed E-state index contributed by atoms with van der Waals surface area (Å²) in [5.74, 6) is 0.601. The number of H-pyrrole nitrogens is 1. The predicted octanol–water partition coefficient (Wildman–Crippen LogP) is 1.76. The zero-order valence-electron chi connectivity index (χ0n) is 14.4. The molecule has 0 bridgehead atoms. The van der Waals surface area contributed by atoms with E-state index in [9.17, 15) is 9.59 Å². The minimum Gasteiger partial charge on any atom is -0.496 e. The van der Waals surface area contributed by atoms with E-state index in [0.717, 1.165) is 5.56 Å².